The lowest BCUT2D eigenvalue weighted by Crippen LogP contribution is -2.71. The molecular formula is C28H24F2N6S. The summed E-state index contributed by atoms with van der Waals surface area (Å²) in [6.45, 7) is 3.88. The minimum Gasteiger partial charge on any atom is -0.370 e. The molecule has 2 aromatic carbocycles. The molecule has 3 aliphatic rings. The molecule has 2 fully saturated rings. The SMILES string of the molecule is CN(c1nc(-c2ccc(F)cc2)c(C#N)s1)c1c2c(nc3c(F)cc(N4CC5(CNC5)C4)cc13)CCC2. The Morgan fingerprint density at radius 3 is 2.59 bits per heavy atom. The Morgan fingerprint density at radius 1 is 1.11 bits per heavy atom. The van der Waals surface area contributed by atoms with Crippen molar-refractivity contribution in [3.63, 3.8) is 0 Å². The molecule has 2 aromatic heterocycles. The van der Waals surface area contributed by atoms with Gasteiger partial charge in [-0.1, -0.05) is 11.3 Å². The van der Waals surface area contributed by atoms with Crippen molar-refractivity contribution in [1.29, 1.82) is 5.26 Å². The van der Waals surface area contributed by atoms with Crippen LogP contribution in [0.1, 0.15) is 22.6 Å². The van der Waals surface area contributed by atoms with Crippen LogP contribution in [0, 0.1) is 28.4 Å². The highest BCUT2D eigenvalue weighted by molar-refractivity contribution is 7.16. The van der Waals surface area contributed by atoms with Gasteiger partial charge >= 0.3 is 0 Å². The number of pyridine rings is 1. The van der Waals surface area contributed by atoms with Crippen LogP contribution in [0.25, 0.3) is 22.2 Å². The highest BCUT2D eigenvalue weighted by Crippen LogP contribution is 2.45. The summed E-state index contributed by atoms with van der Waals surface area (Å²) in [6, 6.07) is 11.9. The van der Waals surface area contributed by atoms with E-state index in [2.05, 4.69) is 22.4 Å². The van der Waals surface area contributed by atoms with Crippen LogP contribution in [-0.2, 0) is 12.8 Å². The maximum absolute atomic E-state index is 15.5. The van der Waals surface area contributed by atoms with E-state index in [-0.39, 0.29) is 11.6 Å². The van der Waals surface area contributed by atoms with Crippen LogP contribution in [0.5, 0.6) is 0 Å². The maximum Gasteiger partial charge on any atom is 0.191 e. The van der Waals surface area contributed by atoms with Crippen molar-refractivity contribution in [2.24, 2.45) is 5.41 Å². The number of benzene rings is 2. The number of hydrogen-bond donors (Lipinski definition) is 1. The van der Waals surface area contributed by atoms with E-state index in [0.29, 0.717) is 32.2 Å². The first-order valence-corrected chi connectivity index (χ1v) is 13.3. The minimum atomic E-state index is -0.340. The molecule has 0 amide bonds. The van der Waals surface area contributed by atoms with Crippen LogP contribution in [0.4, 0.5) is 25.3 Å². The van der Waals surface area contributed by atoms with E-state index in [9.17, 15) is 9.65 Å². The van der Waals surface area contributed by atoms with Gasteiger partial charge in [0.1, 0.15) is 28.0 Å². The molecule has 0 atom stereocenters. The number of fused-ring (bicyclic) bond motifs is 2. The first-order chi connectivity index (χ1) is 17.9. The molecule has 0 unspecified atom stereocenters. The first-order valence-electron chi connectivity index (χ1n) is 12.5. The fourth-order valence-electron chi connectivity index (χ4n) is 5.92. The highest BCUT2D eigenvalue weighted by atomic mass is 32.1. The summed E-state index contributed by atoms with van der Waals surface area (Å²) in [5.74, 6) is -0.651. The average Bonchev–Trinajstić information content (AvgIpc) is 3.48. The van der Waals surface area contributed by atoms with Crippen molar-refractivity contribution in [1.82, 2.24) is 15.3 Å². The molecule has 4 aromatic rings. The number of anilines is 3. The second-order valence-corrected chi connectivity index (χ2v) is 11.4. The fourth-order valence-corrected chi connectivity index (χ4v) is 6.78. The molecule has 186 valence electrons. The Labute approximate surface area is 217 Å². The summed E-state index contributed by atoms with van der Waals surface area (Å²) in [6.07, 6.45) is 2.65. The highest BCUT2D eigenvalue weighted by Gasteiger charge is 2.47. The number of rotatable bonds is 4. The molecule has 9 heteroatoms. The third-order valence-electron chi connectivity index (χ3n) is 7.90. The van der Waals surface area contributed by atoms with Gasteiger partial charge in [-0.15, -0.1) is 0 Å². The van der Waals surface area contributed by atoms with E-state index in [0.717, 1.165) is 73.5 Å². The number of thiazole rings is 1. The van der Waals surface area contributed by atoms with Crippen LogP contribution in [-0.4, -0.2) is 43.2 Å². The van der Waals surface area contributed by atoms with Gasteiger partial charge in [-0.05, 0) is 61.2 Å². The lowest BCUT2D eigenvalue weighted by atomic mass is 9.74. The standard InChI is InChI=1S/C28H24F2N6S/c1-35(27-34-24(23(11-31)37-27)16-5-7-17(29)8-6-16)26-19-3-2-4-22(19)33-25-20(26)9-18(10-21(25)30)36-14-28(15-36)12-32-13-28/h5-10,32H,2-4,12-15H2,1H3. The van der Waals surface area contributed by atoms with Crippen molar-refractivity contribution in [3.8, 4) is 17.3 Å². The monoisotopic (exact) mass is 514 g/mol. The van der Waals surface area contributed by atoms with Gasteiger partial charge in [-0.2, -0.15) is 5.26 Å². The third kappa shape index (κ3) is 3.50. The summed E-state index contributed by atoms with van der Waals surface area (Å²) in [5.41, 5.74) is 5.74. The van der Waals surface area contributed by atoms with Crippen molar-refractivity contribution in [2.45, 2.75) is 19.3 Å². The minimum absolute atomic E-state index is 0.312. The van der Waals surface area contributed by atoms with Gasteiger partial charge in [0.25, 0.3) is 0 Å². The van der Waals surface area contributed by atoms with Gasteiger partial charge in [-0.3, -0.25) is 0 Å². The predicted octanol–water partition coefficient (Wildman–Crippen LogP) is 5.17. The van der Waals surface area contributed by atoms with E-state index in [4.69, 9.17) is 9.97 Å². The molecule has 2 saturated heterocycles. The summed E-state index contributed by atoms with van der Waals surface area (Å²) >= 11 is 1.28. The van der Waals surface area contributed by atoms with Crippen molar-refractivity contribution >= 4 is 38.7 Å². The molecule has 37 heavy (non-hydrogen) atoms. The topological polar surface area (TPSA) is 68.1 Å². The lowest BCUT2D eigenvalue weighted by Gasteiger charge is -2.57. The second kappa shape index (κ2) is 8.20. The lowest BCUT2D eigenvalue weighted by molar-refractivity contribution is 0.121. The van der Waals surface area contributed by atoms with E-state index < -0.39 is 0 Å². The summed E-state index contributed by atoms with van der Waals surface area (Å²) < 4.78 is 29.0. The van der Waals surface area contributed by atoms with Gasteiger partial charge in [-0.25, -0.2) is 18.7 Å². The zero-order valence-corrected chi connectivity index (χ0v) is 21.1. The number of nitrogens with one attached hydrogen (secondary N) is 1. The Hall–Kier alpha value is -3.61. The zero-order chi connectivity index (χ0) is 25.3. The largest absolute Gasteiger partial charge is 0.370 e. The predicted molar refractivity (Wildman–Crippen MR) is 142 cm³/mol. The molecule has 0 bridgehead atoms. The number of halogens is 2. The number of aryl methyl sites for hydroxylation is 1. The van der Waals surface area contributed by atoms with Crippen molar-refractivity contribution < 1.29 is 8.78 Å². The van der Waals surface area contributed by atoms with Crippen molar-refractivity contribution in [2.75, 3.05) is 43.0 Å². The molecule has 7 rings (SSSR count). The smallest absolute Gasteiger partial charge is 0.191 e. The normalized spacial score (nSPS) is 17.4. The molecule has 1 N–H and O–H groups in total. The molecule has 0 saturated carbocycles. The number of aromatic nitrogens is 2. The van der Waals surface area contributed by atoms with E-state index >= 15 is 4.39 Å². The summed E-state index contributed by atoms with van der Waals surface area (Å²) in [4.78, 5) is 14.2. The number of nitriles is 1. The zero-order valence-electron chi connectivity index (χ0n) is 20.3. The fraction of sp³-hybridized carbons (Fsp3) is 0.321. The quantitative estimate of drug-likeness (QED) is 0.405. The first kappa shape index (κ1) is 22.6. The van der Waals surface area contributed by atoms with Gasteiger partial charge in [0.2, 0.25) is 0 Å². The van der Waals surface area contributed by atoms with E-state index in [1.165, 1.54) is 23.5 Å². The molecule has 1 spiro atoms. The molecular weight excluding hydrogens is 490 g/mol. The van der Waals surface area contributed by atoms with Crippen LogP contribution in [0.15, 0.2) is 36.4 Å². The van der Waals surface area contributed by atoms with Crippen molar-refractivity contribution in [3.05, 3.63) is 64.2 Å². The molecule has 2 aliphatic heterocycles. The van der Waals surface area contributed by atoms with Crippen LogP contribution < -0.4 is 15.1 Å². The second-order valence-electron chi connectivity index (χ2n) is 10.4. The molecule has 1 aliphatic carbocycles. The summed E-state index contributed by atoms with van der Waals surface area (Å²) in [5, 5.41) is 14.6. The Kier molecular flexibility index (Phi) is 5.00. The molecule has 6 nitrogen and oxygen atoms in total. The van der Waals surface area contributed by atoms with Gasteiger partial charge in [0, 0.05) is 61.0 Å². The molecule has 0 radical (unpaired) electrons. The van der Waals surface area contributed by atoms with Gasteiger partial charge in [0.15, 0.2) is 10.9 Å². The van der Waals surface area contributed by atoms with Crippen LogP contribution in [0.3, 0.4) is 0 Å². The Bertz CT molecular complexity index is 1590. The van der Waals surface area contributed by atoms with Crippen LogP contribution >= 0.6 is 11.3 Å². The third-order valence-corrected chi connectivity index (χ3v) is 8.94. The van der Waals surface area contributed by atoms with Crippen LogP contribution in [0.2, 0.25) is 0 Å². The van der Waals surface area contributed by atoms with Gasteiger partial charge < -0.3 is 15.1 Å². The number of hydrogen-bond acceptors (Lipinski definition) is 7. The average molecular weight is 515 g/mol. The summed E-state index contributed by atoms with van der Waals surface area (Å²) in [7, 11) is 1.92. The number of nitrogens with zero attached hydrogens (tertiary/aromatic N) is 5. The van der Waals surface area contributed by atoms with E-state index in [1.54, 1.807) is 18.2 Å². The Morgan fingerprint density at radius 2 is 1.89 bits per heavy atom. The molecule has 4 heterocycles. The van der Waals surface area contributed by atoms with E-state index in [1.807, 2.05) is 11.9 Å². The Balaban J connectivity index is 1.35. The van der Waals surface area contributed by atoms with Gasteiger partial charge in [0.05, 0.1) is 5.69 Å². The maximum atomic E-state index is 15.5.